The van der Waals surface area contributed by atoms with Crippen LogP contribution in [0.1, 0.15) is 31.2 Å². The van der Waals surface area contributed by atoms with Crippen LogP contribution < -0.4 is 15.0 Å². The molecule has 1 atom stereocenters. The van der Waals surface area contributed by atoms with Crippen molar-refractivity contribution in [3.63, 3.8) is 0 Å². The lowest BCUT2D eigenvalue weighted by Gasteiger charge is -2.31. The molecule has 248 valence electrons. The molecule has 2 N–H and O–H groups in total. The number of hydrogen-bond acceptors (Lipinski definition) is 9. The highest BCUT2D eigenvalue weighted by molar-refractivity contribution is 6.03. The molecule has 2 aromatic carbocycles. The Labute approximate surface area is 277 Å². The fourth-order valence-electron chi connectivity index (χ4n) is 7.65. The molecule has 0 unspecified atom stereocenters. The summed E-state index contributed by atoms with van der Waals surface area (Å²) in [5, 5.41) is 14.6. The molecule has 3 aliphatic heterocycles. The first kappa shape index (κ1) is 31.7. The maximum Gasteiger partial charge on any atom is 0.319 e. The van der Waals surface area contributed by atoms with E-state index in [1.807, 2.05) is 11.9 Å². The van der Waals surface area contributed by atoms with Crippen LogP contribution in [0.5, 0.6) is 11.8 Å². The number of carbonyl (C=O) groups excluding carboxylic acids is 1. The molecular weight excluding hydrogens is 616 g/mol. The zero-order valence-corrected chi connectivity index (χ0v) is 26.8. The second-order valence-electron chi connectivity index (χ2n) is 13.0. The highest BCUT2D eigenvalue weighted by Crippen LogP contribution is 2.41. The standard InChI is InChI=1S/C36H37F2N7O3/c1-4-25-28(37)9-8-22-16-24(46)17-26(30(22)25)32-31(38)33-27(18-39-32)34(44-15-14-43(3)19-23(20-44)40-29(47)5-2)42-35(41-33)48-21-36-10-6-12-45(36)13-7-11-36/h1,5,8-9,16-18,23,46H,2,6-7,10-15,19-21H2,3H3,(H,40,47)/t23-/m0/s1. The summed E-state index contributed by atoms with van der Waals surface area (Å²) in [6.45, 7) is 8.17. The number of rotatable bonds is 7. The maximum atomic E-state index is 16.9. The van der Waals surface area contributed by atoms with Crippen LogP contribution in [0.4, 0.5) is 14.6 Å². The predicted octanol–water partition coefficient (Wildman–Crippen LogP) is 4.24. The van der Waals surface area contributed by atoms with Crippen LogP contribution in [0, 0.1) is 24.0 Å². The number of hydrogen-bond donors (Lipinski definition) is 2. The average Bonchev–Trinajstić information content (AvgIpc) is 3.60. The van der Waals surface area contributed by atoms with Gasteiger partial charge in [0.05, 0.1) is 22.5 Å². The van der Waals surface area contributed by atoms with Crippen molar-refractivity contribution >= 4 is 33.4 Å². The van der Waals surface area contributed by atoms with Gasteiger partial charge in [-0.05, 0) is 75.5 Å². The maximum absolute atomic E-state index is 16.9. The van der Waals surface area contributed by atoms with Gasteiger partial charge >= 0.3 is 6.01 Å². The molecule has 0 bridgehead atoms. The van der Waals surface area contributed by atoms with Crippen molar-refractivity contribution in [2.24, 2.45) is 0 Å². The topological polar surface area (TPSA) is 107 Å². The number of phenolic OH excluding ortho intramolecular Hbond substituents is 1. The summed E-state index contributed by atoms with van der Waals surface area (Å²) in [5.74, 6) is 0.922. The van der Waals surface area contributed by atoms with Crippen LogP contribution in [0.25, 0.3) is 32.9 Å². The van der Waals surface area contributed by atoms with E-state index in [-0.39, 0.29) is 57.0 Å². The highest BCUT2D eigenvalue weighted by atomic mass is 19.1. The van der Waals surface area contributed by atoms with Crippen LogP contribution in [0.15, 0.2) is 43.1 Å². The van der Waals surface area contributed by atoms with Gasteiger partial charge in [-0.25, -0.2) is 8.78 Å². The number of aromatic nitrogens is 3. The normalized spacial score (nSPS) is 19.6. The number of nitrogens with zero attached hydrogens (tertiary/aromatic N) is 6. The quantitative estimate of drug-likeness (QED) is 0.224. The minimum Gasteiger partial charge on any atom is -0.508 e. The van der Waals surface area contributed by atoms with Gasteiger partial charge in [-0.1, -0.05) is 18.6 Å². The smallest absolute Gasteiger partial charge is 0.319 e. The van der Waals surface area contributed by atoms with Crippen molar-refractivity contribution in [2.75, 3.05) is 57.8 Å². The van der Waals surface area contributed by atoms with E-state index in [4.69, 9.17) is 16.1 Å². The van der Waals surface area contributed by atoms with E-state index in [0.717, 1.165) is 38.8 Å². The van der Waals surface area contributed by atoms with Gasteiger partial charge < -0.3 is 25.0 Å². The summed E-state index contributed by atoms with van der Waals surface area (Å²) < 4.78 is 38.2. The third-order valence-electron chi connectivity index (χ3n) is 9.93. The number of carbonyl (C=O) groups is 1. The van der Waals surface area contributed by atoms with Crippen molar-refractivity contribution in [1.82, 2.24) is 30.1 Å². The second-order valence-corrected chi connectivity index (χ2v) is 13.0. The molecule has 0 saturated carbocycles. The summed E-state index contributed by atoms with van der Waals surface area (Å²) in [4.78, 5) is 32.8. The first-order valence-electron chi connectivity index (χ1n) is 16.2. The zero-order valence-electron chi connectivity index (χ0n) is 26.8. The van der Waals surface area contributed by atoms with Gasteiger partial charge in [0.1, 0.15) is 35.2 Å². The number of anilines is 1. The molecule has 10 nitrogen and oxygen atoms in total. The number of terminal acetylenes is 1. The highest BCUT2D eigenvalue weighted by Gasteiger charge is 2.45. The number of aromatic hydroxyl groups is 1. The summed E-state index contributed by atoms with van der Waals surface area (Å²) in [7, 11) is 1.97. The number of halogens is 2. The molecule has 0 aliphatic carbocycles. The molecule has 1 amide bonds. The number of amides is 1. The predicted molar refractivity (Wildman–Crippen MR) is 180 cm³/mol. The van der Waals surface area contributed by atoms with Crippen LogP contribution in [-0.2, 0) is 4.79 Å². The molecule has 12 heteroatoms. The number of nitrogens with one attached hydrogen (secondary N) is 1. The van der Waals surface area contributed by atoms with Gasteiger partial charge in [0.15, 0.2) is 5.82 Å². The van der Waals surface area contributed by atoms with Crippen LogP contribution in [0.2, 0.25) is 0 Å². The van der Waals surface area contributed by atoms with Gasteiger partial charge in [-0.15, -0.1) is 6.42 Å². The van der Waals surface area contributed by atoms with Gasteiger partial charge in [0, 0.05) is 43.3 Å². The summed E-state index contributed by atoms with van der Waals surface area (Å²) in [5.41, 5.74) is -0.207. The number of ether oxygens (including phenoxy) is 1. The summed E-state index contributed by atoms with van der Waals surface area (Å²) in [6.07, 6.45) is 12.6. The molecule has 3 aliphatic rings. The molecular formula is C36H37F2N7O3. The first-order valence-corrected chi connectivity index (χ1v) is 16.2. The Balaban J connectivity index is 1.38. The van der Waals surface area contributed by atoms with Crippen molar-refractivity contribution < 1.29 is 23.4 Å². The van der Waals surface area contributed by atoms with Gasteiger partial charge in [0.2, 0.25) is 5.91 Å². The first-order chi connectivity index (χ1) is 23.2. The molecule has 3 fully saturated rings. The van der Waals surface area contributed by atoms with E-state index in [2.05, 4.69) is 37.6 Å². The van der Waals surface area contributed by atoms with E-state index in [1.165, 1.54) is 36.5 Å². The molecule has 0 spiro atoms. The SMILES string of the molecule is C#Cc1c(F)ccc2cc(O)cc(-c3ncc4c(N5CCN(C)C[C@H](NC(=O)C=C)C5)nc(OCC56CCCN5CCC6)nc4c3F)c12. The second kappa shape index (κ2) is 12.6. The molecule has 3 saturated heterocycles. The Bertz CT molecular complexity index is 1970. The number of benzene rings is 2. The number of pyridine rings is 1. The number of fused-ring (bicyclic) bond motifs is 3. The van der Waals surface area contributed by atoms with Crippen molar-refractivity contribution in [2.45, 2.75) is 37.3 Å². The molecule has 2 aromatic heterocycles. The fourth-order valence-corrected chi connectivity index (χ4v) is 7.65. The van der Waals surface area contributed by atoms with Crippen molar-refractivity contribution in [3.05, 3.63) is 60.3 Å². The van der Waals surface area contributed by atoms with E-state index >= 15 is 4.39 Å². The summed E-state index contributed by atoms with van der Waals surface area (Å²) >= 11 is 0. The Morgan fingerprint density at radius 3 is 2.73 bits per heavy atom. The molecule has 4 aromatic rings. The average molecular weight is 654 g/mol. The Morgan fingerprint density at radius 1 is 1.19 bits per heavy atom. The third kappa shape index (κ3) is 5.67. The Morgan fingerprint density at radius 2 is 1.98 bits per heavy atom. The third-order valence-corrected chi connectivity index (χ3v) is 9.93. The number of likely N-dealkylation sites (N-methyl/N-ethyl adjacent to an activating group) is 1. The summed E-state index contributed by atoms with van der Waals surface area (Å²) in [6, 6.07) is 5.22. The molecule has 7 rings (SSSR count). The largest absolute Gasteiger partial charge is 0.508 e. The lowest BCUT2D eigenvalue weighted by Crippen LogP contribution is -2.46. The van der Waals surface area contributed by atoms with E-state index in [0.29, 0.717) is 49.4 Å². The van der Waals surface area contributed by atoms with Crippen molar-refractivity contribution in [1.29, 1.82) is 0 Å². The van der Waals surface area contributed by atoms with E-state index in [1.54, 1.807) is 0 Å². The van der Waals surface area contributed by atoms with Gasteiger partial charge in [-0.3, -0.25) is 14.7 Å². The van der Waals surface area contributed by atoms with Gasteiger partial charge in [0.25, 0.3) is 0 Å². The van der Waals surface area contributed by atoms with E-state index < -0.39 is 11.6 Å². The molecule has 48 heavy (non-hydrogen) atoms. The minimum absolute atomic E-state index is 0.0297. The van der Waals surface area contributed by atoms with Crippen LogP contribution >= 0.6 is 0 Å². The van der Waals surface area contributed by atoms with Crippen LogP contribution in [0.3, 0.4) is 0 Å². The molecule has 0 radical (unpaired) electrons. The van der Waals surface area contributed by atoms with Crippen LogP contribution in [-0.4, -0.2) is 100 Å². The lowest BCUT2D eigenvalue weighted by molar-refractivity contribution is -0.117. The zero-order chi connectivity index (χ0) is 33.6. The van der Waals surface area contributed by atoms with Gasteiger partial charge in [-0.2, -0.15) is 9.97 Å². The monoisotopic (exact) mass is 653 g/mol. The Kier molecular flexibility index (Phi) is 8.35. The van der Waals surface area contributed by atoms with Crippen molar-refractivity contribution in [3.8, 4) is 35.4 Å². The minimum atomic E-state index is -0.787. The lowest BCUT2D eigenvalue weighted by atomic mass is 9.95. The Hall–Kier alpha value is -4.86. The number of phenols is 1. The van der Waals surface area contributed by atoms with E-state index in [9.17, 15) is 14.3 Å². The molecule has 5 heterocycles. The fraction of sp³-hybridized carbons (Fsp3) is 0.389.